The Kier molecular flexibility index (Phi) is 6.03. The molecule has 2 N–H and O–H groups in total. The van der Waals surface area contributed by atoms with E-state index in [0.717, 1.165) is 37.3 Å². The molecule has 1 heterocycles. The standard InChI is InChI=1S/C18H30ClN2OSi/c1-18(2,3)17(22-23(4)5)13-8-10-21(11-9-13)16-7-6-14(19)12-15(16)20/h6-7,12-13,17H,8-11,20H2,1-5H3. The molecule has 0 aromatic heterocycles. The molecule has 0 spiro atoms. The number of hydrogen-bond acceptors (Lipinski definition) is 3. The highest BCUT2D eigenvalue weighted by Crippen LogP contribution is 2.37. The minimum Gasteiger partial charge on any atom is -0.413 e. The second kappa shape index (κ2) is 7.45. The quantitative estimate of drug-likeness (QED) is 0.622. The summed E-state index contributed by atoms with van der Waals surface area (Å²) in [6.07, 6.45) is 2.65. The molecule has 1 aliphatic heterocycles. The maximum absolute atomic E-state index is 6.38. The van der Waals surface area contributed by atoms with Gasteiger partial charge in [0.05, 0.1) is 17.5 Å². The van der Waals surface area contributed by atoms with Crippen molar-refractivity contribution in [1.82, 2.24) is 0 Å². The number of nitrogen functional groups attached to an aromatic ring is 1. The number of hydrogen-bond donors (Lipinski definition) is 1. The molecule has 1 fully saturated rings. The highest BCUT2D eigenvalue weighted by molar-refractivity contribution is 6.48. The maximum Gasteiger partial charge on any atom is 0.205 e. The van der Waals surface area contributed by atoms with Gasteiger partial charge in [0, 0.05) is 18.1 Å². The van der Waals surface area contributed by atoms with Crippen LogP contribution in [-0.4, -0.2) is 28.2 Å². The predicted molar refractivity (Wildman–Crippen MR) is 103 cm³/mol. The summed E-state index contributed by atoms with van der Waals surface area (Å²) in [7, 11) is -0.689. The molecule has 5 heteroatoms. The zero-order valence-corrected chi connectivity index (χ0v) is 16.8. The van der Waals surface area contributed by atoms with E-state index in [4.69, 9.17) is 21.8 Å². The highest BCUT2D eigenvalue weighted by atomic mass is 35.5. The Morgan fingerprint density at radius 2 is 1.87 bits per heavy atom. The molecule has 1 aromatic rings. The molecule has 129 valence electrons. The zero-order valence-electron chi connectivity index (χ0n) is 15.0. The maximum atomic E-state index is 6.38. The van der Waals surface area contributed by atoms with Gasteiger partial charge in [-0.05, 0) is 55.5 Å². The van der Waals surface area contributed by atoms with Crippen molar-refractivity contribution in [1.29, 1.82) is 0 Å². The summed E-state index contributed by atoms with van der Waals surface area (Å²) in [5.41, 5.74) is 8.20. The Hall–Kier alpha value is -0.713. The molecule has 0 aliphatic carbocycles. The van der Waals surface area contributed by atoms with Crippen LogP contribution in [0.5, 0.6) is 0 Å². The molecule has 1 unspecified atom stereocenters. The number of nitrogens with zero attached hydrogens (tertiary/aromatic N) is 1. The van der Waals surface area contributed by atoms with E-state index in [1.807, 2.05) is 18.2 Å². The van der Waals surface area contributed by atoms with Gasteiger partial charge in [0.1, 0.15) is 0 Å². The van der Waals surface area contributed by atoms with Crippen molar-refractivity contribution in [3.05, 3.63) is 23.2 Å². The van der Waals surface area contributed by atoms with Crippen LogP contribution in [0, 0.1) is 11.3 Å². The second-order valence-electron chi connectivity index (χ2n) is 7.84. The molecule has 0 amide bonds. The van der Waals surface area contributed by atoms with Crippen molar-refractivity contribution < 1.29 is 4.43 Å². The molecule has 1 saturated heterocycles. The Balaban J connectivity index is 2.04. The van der Waals surface area contributed by atoms with Crippen molar-refractivity contribution in [2.24, 2.45) is 11.3 Å². The highest BCUT2D eigenvalue weighted by Gasteiger charge is 2.35. The van der Waals surface area contributed by atoms with Gasteiger partial charge in [0.2, 0.25) is 9.04 Å². The Labute approximate surface area is 147 Å². The Morgan fingerprint density at radius 1 is 1.26 bits per heavy atom. The molecule has 1 radical (unpaired) electrons. The van der Waals surface area contributed by atoms with Crippen LogP contribution in [0.15, 0.2) is 18.2 Å². The Morgan fingerprint density at radius 3 is 2.35 bits per heavy atom. The summed E-state index contributed by atoms with van der Waals surface area (Å²) < 4.78 is 6.38. The number of nitrogens with two attached hydrogens (primary N) is 1. The third-order valence-electron chi connectivity index (χ3n) is 4.51. The normalized spacial score (nSPS) is 18.5. The minimum absolute atomic E-state index is 0.189. The van der Waals surface area contributed by atoms with Gasteiger partial charge in [-0.2, -0.15) is 0 Å². The topological polar surface area (TPSA) is 38.5 Å². The third-order valence-corrected chi connectivity index (χ3v) is 5.47. The van der Waals surface area contributed by atoms with Gasteiger partial charge in [-0.25, -0.2) is 0 Å². The fourth-order valence-corrected chi connectivity index (χ4v) is 4.72. The Bertz CT molecular complexity index is 522. The van der Waals surface area contributed by atoms with Crippen LogP contribution < -0.4 is 10.6 Å². The average Bonchev–Trinajstić information content (AvgIpc) is 2.44. The molecular formula is C18H30ClN2OSi. The number of piperidine rings is 1. The van der Waals surface area contributed by atoms with E-state index in [9.17, 15) is 0 Å². The minimum atomic E-state index is -0.689. The fourth-order valence-electron chi connectivity index (χ4n) is 3.49. The number of benzene rings is 1. The van der Waals surface area contributed by atoms with Crippen LogP contribution >= 0.6 is 11.6 Å². The van der Waals surface area contributed by atoms with Crippen molar-refractivity contribution in [2.45, 2.75) is 52.8 Å². The van der Waals surface area contributed by atoms with Crippen LogP contribution in [-0.2, 0) is 4.43 Å². The second-order valence-corrected chi connectivity index (χ2v) is 10.3. The first-order valence-electron chi connectivity index (χ1n) is 8.45. The van der Waals surface area contributed by atoms with Crippen molar-refractivity contribution >= 4 is 32.0 Å². The van der Waals surface area contributed by atoms with Crippen molar-refractivity contribution in [2.75, 3.05) is 23.7 Å². The summed E-state index contributed by atoms with van der Waals surface area (Å²) in [6.45, 7) is 13.4. The molecule has 1 atom stereocenters. The van der Waals surface area contributed by atoms with E-state index in [0.29, 0.717) is 17.0 Å². The van der Waals surface area contributed by atoms with Crippen LogP contribution in [0.2, 0.25) is 18.1 Å². The summed E-state index contributed by atoms with van der Waals surface area (Å²) in [6, 6.07) is 5.80. The fraction of sp³-hybridized carbons (Fsp3) is 0.667. The molecule has 0 bridgehead atoms. The largest absolute Gasteiger partial charge is 0.413 e. The lowest BCUT2D eigenvalue weighted by molar-refractivity contribution is 0.0230. The SMILES string of the molecule is C[Si](C)OC(C1CCN(c2ccc(Cl)cc2N)CC1)C(C)(C)C. The summed E-state index contributed by atoms with van der Waals surface area (Å²) in [5, 5.41) is 0.697. The molecule has 23 heavy (non-hydrogen) atoms. The van der Waals surface area contributed by atoms with Gasteiger partial charge in [-0.1, -0.05) is 32.4 Å². The van der Waals surface area contributed by atoms with E-state index in [-0.39, 0.29) is 5.41 Å². The monoisotopic (exact) mass is 353 g/mol. The summed E-state index contributed by atoms with van der Waals surface area (Å²) >= 11 is 6.01. The van der Waals surface area contributed by atoms with Gasteiger partial charge in [0.15, 0.2) is 0 Å². The number of halogens is 1. The first kappa shape index (κ1) is 18.6. The van der Waals surface area contributed by atoms with Gasteiger partial charge in [-0.3, -0.25) is 0 Å². The van der Waals surface area contributed by atoms with Crippen LogP contribution in [0.25, 0.3) is 0 Å². The first-order valence-corrected chi connectivity index (χ1v) is 11.2. The molecule has 2 rings (SSSR count). The average molecular weight is 354 g/mol. The van der Waals surface area contributed by atoms with E-state index in [1.54, 1.807) is 0 Å². The van der Waals surface area contributed by atoms with Crippen LogP contribution in [0.4, 0.5) is 11.4 Å². The lowest BCUT2D eigenvalue weighted by atomic mass is 9.77. The summed E-state index contributed by atoms with van der Waals surface area (Å²) in [4.78, 5) is 2.38. The van der Waals surface area contributed by atoms with Gasteiger partial charge in [-0.15, -0.1) is 0 Å². The van der Waals surface area contributed by atoms with Gasteiger partial charge in [0.25, 0.3) is 0 Å². The molecular weight excluding hydrogens is 324 g/mol. The van der Waals surface area contributed by atoms with Gasteiger partial charge >= 0.3 is 0 Å². The number of anilines is 2. The van der Waals surface area contributed by atoms with Crippen LogP contribution in [0.1, 0.15) is 33.6 Å². The van der Waals surface area contributed by atoms with Crippen LogP contribution in [0.3, 0.4) is 0 Å². The van der Waals surface area contributed by atoms with Crippen molar-refractivity contribution in [3.8, 4) is 0 Å². The molecule has 1 aromatic carbocycles. The molecule has 3 nitrogen and oxygen atoms in total. The summed E-state index contributed by atoms with van der Waals surface area (Å²) in [5.74, 6) is 0.625. The smallest absolute Gasteiger partial charge is 0.205 e. The van der Waals surface area contributed by atoms with Gasteiger partial charge < -0.3 is 15.1 Å². The molecule has 1 aliphatic rings. The third kappa shape index (κ3) is 4.88. The number of rotatable bonds is 4. The van der Waals surface area contributed by atoms with E-state index in [1.165, 1.54) is 0 Å². The lowest BCUT2D eigenvalue weighted by Crippen LogP contribution is -2.45. The van der Waals surface area contributed by atoms with E-state index >= 15 is 0 Å². The first-order chi connectivity index (χ1) is 10.7. The van der Waals surface area contributed by atoms with E-state index < -0.39 is 9.04 Å². The zero-order chi connectivity index (χ0) is 17.2. The van der Waals surface area contributed by atoms with E-state index in [2.05, 4.69) is 38.8 Å². The van der Waals surface area contributed by atoms with Crippen molar-refractivity contribution in [3.63, 3.8) is 0 Å². The molecule has 0 saturated carbocycles. The predicted octanol–water partition coefficient (Wildman–Crippen LogP) is 4.82. The lowest BCUT2D eigenvalue weighted by Gasteiger charge is -2.43.